The number of methoxy groups -OCH3 is 1. The molecule has 0 atom stereocenters. The molecule has 31 heavy (non-hydrogen) atoms. The molecule has 0 aliphatic rings. The number of thiazole rings is 1. The van der Waals surface area contributed by atoms with Gasteiger partial charge in [-0.15, -0.1) is 11.3 Å². The summed E-state index contributed by atoms with van der Waals surface area (Å²) in [6, 6.07) is 15.3. The third kappa shape index (κ3) is 4.93. The second-order valence-corrected chi connectivity index (χ2v) is 8.99. The molecule has 0 unspecified atom stereocenters. The SMILES string of the molecule is COCCn1c(SCc2csc(N(C(C)=O)c3ccccc3)n2)nc2cc(Cl)ccc21. The monoisotopic (exact) mass is 472 g/mol. The summed E-state index contributed by atoms with van der Waals surface area (Å²) >= 11 is 9.21. The van der Waals surface area contributed by atoms with E-state index in [9.17, 15) is 4.79 Å². The highest BCUT2D eigenvalue weighted by molar-refractivity contribution is 7.98. The minimum atomic E-state index is -0.0713. The Kier molecular flexibility index (Phi) is 6.92. The van der Waals surface area contributed by atoms with Gasteiger partial charge in [0, 0.05) is 36.7 Å². The number of benzene rings is 2. The molecule has 0 N–H and O–H groups in total. The van der Waals surface area contributed by atoms with E-state index < -0.39 is 0 Å². The van der Waals surface area contributed by atoms with Crippen LogP contribution in [0.1, 0.15) is 12.6 Å². The molecule has 9 heteroatoms. The van der Waals surface area contributed by atoms with Crippen LogP contribution in [0.5, 0.6) is 0 Å². The number of halogens is 1. The molecule has 4 rings (SSSR count). The molecule has 0 saturated heterocycles. The fourth-order valence-corrected chi connectivity index (χ4v) is 5.29. The number of thioether (sulfide) groups is 1. The van der Waals surface area contributed by atoms with Crippen LogP contribution in [-0.4, -0.2) is 34.2 Å². The molecule has 0 aliphatic heterocycles. The topological polar surface area (TPSA) is 60.2 Å². The largest absolute Gasteiger partial charge is 0.383 e. The van der Waals surface area contributed by atoms with Crippen LogP contribution >= 0.6 is 34.7 Å². The first kappa shape index (κ1) is 21.8. The van der Waals surface area contributed by atoms with Crippen molar-refractivity contribution in [3.05, 3.63) is 64.6 Å². The van der Waals surface area contributed by atoms with Gasteiger partial charge in [0.05, 0.1) is 29.0 Å². The lowest BCUT2D eigenvalue weighted by molar-refractivity contribution is -0.115. The molecular weight excluding hydrogens is 452 g/mol. The number of nitrogens with zero attached hydrogens (tertiary/aromatic N) is 4. The molecule has 0 fully saturated rings. The van der Waals surface area contributed by atoms with Crippen LogP contribution in [0.4, 0.5) is 10.8 Å². The van der Waals surface area contributed by atoms with Gasteiger partial charge in [-0.3, -0.25) is 9.69 Å². The van der Waals surface area contributed by atoms with Gasteiger partial charge in [-0.25, -0.2) is 9.97 Å². The summed E-state index contributed by atoms with van der Waals surface area (Å²) in [6.45, 7) is 2.84. The summed E-state index contributed by atoms with van der Waals surface area (Å²) in [4.78, 5) is 23.3. The summed E-state index contributed by atoms with van der Waals surface area (Å²) in [5, 5.41) is 4.19. The Morgan fingerprint density at radius 1 is 1.23 bits per heavy atom. The van der Waals surface area contributed by atoms with Crippen molar-refractivity contribution in [2.75, 3.05) is 18.6 Å². The first-order valence-corrected chi connectivity index (χ1v) is 11.9. The third-order valence-electron chi connectivity index (χ3n) is 4.60. The lowest BCUT2D eigenvalue weighted by Gasteiger charge is -2.17. The second-order valence-electron chi connectivity index (χ2n) is 6.77. The van der Waals surface area contributed by atoms with Gasteiger partial charge in [0.2, 0.25) is 5.91 Å². The highest BCUT2D eigenvalue weighted by atomic mass is 35.5. The van der Waals surface area contributed by atoms with Crippen molar-refractivity contribution in [2.45, 2.75) is 24.4 Å². The van der Waals surface area contributed by atoms with Crippen molar-refractivity contribution in [1.82, 2.24) is 14.5 Å². The first-order chi connectivity index (χ1) is 15.1. The molecule has 2 aromatic carbocycles. The predicted molar refractivity (Wildman–Crippen MR) is 128 cm³/mol. The van der Waals surface area contributed by atoms with Crippen LogP contribution < -0.4 is 4.90 Å². The molecule has 1 amide bonds. The maximum Gasteiger partial charge on any atom is 0.230 e. The summed E-state index contributed by atoms with van der Waals surface area (Å²) in [5.74, 6) is 0.569. The van der Waals surface area contributed by atoms with Crippen molar-refractivity contribution in [3.63, 3.8) is 0 Å². The summed E-state index contributed by atoms with van der Waals surface area (Å²) in [6.07, 6.45) is 0. The van der Waals surface area contributed by atoms with E-state index in [0.717, 1.165) is 27.6 Å². The van der Waals surface area contributed by atoms with E-state index in [1.165, 1.54) is 11.3 Å². The molecule has 160 valence electrons. The van der Waals surface area contributed by atoms with Crippen molar-refractivity contribution < 1.29 is 9.53 Å². The van der Waals surface area contributed by atoms with E-state index in [1.807, 2.05) is 53.9 Å². The maximum absolute atomic E-state index is 12.3. The zero-order valence-electron chi connectivity index (χ0n) is 17.1. The number of hydrogen-bond donors (Lipinski definition) is 0. The number of imidazole rings is 1. The van der Waals surface area contributed by atoms with Gasteiger partial charge in [0.15, 0.2) is 10.3 Å². The Balaban J connectivity index is 1.56. The van der Waals surface area contributed by atoms with Gasteiger partial charge in [-0.05, 0) is 30.3 Å². The van der Waals surface area contributed by atoms with Gasteiger partial charge in [-0.1, -0.05) is 41.6 Å². The fourth-order valence-electron chi connectivity index (χ4n) is 3.20. The lowest BCUT2D eigenvalue weighted by Crippen LogP contribution is -2.22. The second kappa shape index (κ2) is 9.82. The number of anilines is 2. The fraction of sp³-hybridized carbons (Fsp3) is 0.227. The molecule has 0 radical (unpaired) electrons. The quantitative estimate of drug-likeness (QED) is 0.305. The number of aromatic nitrogens is 3. The summed E-state index contributed by atoms with van der Waals surface area (Å²) in [5.41, 5.74) is 3.59. The lowest BCUT2D eigenvalue weighted by atomic mass is 10.3. The van der Waals surface area contributed by atoms with Gasteiger partial charge in [-0.2, -0.15) is 0 Å². The van der Waals surface area contributed by atoms with Gasteiger partial charge < -0.3 is 9.30 Å². The Bertz CT molecular complexity index is 1190. The Morgan fingerprint density at radius 2 is 2.03 bits per heavy atom. The van der Waals surface area contributed by atoms with E-state index in [0.29, 0.717) is 29.1 Å². The van der Waals surface area contributed by atoms with Crippen molar-refractivity contribution in [2.24, 2.45) is 0 Å². The molecule has 0 aliphatic carbocycles. The molecule has 6 nitrogen and oxygen atoms in total. The average Bonchev–Trinajstić information content (AvgIpc) is 3.35. The number of amides is 1. The summed E-state index contributed by atoms with van der Waals surface area (Å²) in [7, 11) is 1.69. The van der Waals surface area contributed by atoms with Crippen LogP contribution in [0.15, 0.2) is 59.1 Å². The third-order valence-corrected chi connectivity index (χ3v) is 6.72. The van der Waals surface area contributed by atoms with Crippen LogP contribution in [0.25, 0.3) is 11.0 Å². The number of para-hydroxylation sites is 1. The van der Waals surface area contributed by atoms with E-state index >= 15 is 0 Å². The van der Waals surface area contributed by atoms with Crippen LogP contribution in [-0.2, 0) is 21.8 Å². The highest BCUT2D eigenvalue weighted by Gasteiger charge is 2.18. The number of hydrogen-bond acceptors (Lipinski definition) is 6. The van der Waals surface area contributed by atoms with Crippen LogP contribution in [0.3, 0.4) is 0 Å². The Morgan fingerprint density at radius 3 is 2.77 bits per heavy atom. The van der Waals surface area contributed by atoms with Gasteiger partial charge in [0.1, 0.15) is 0 Å². The number of carbonyl (C=O) groups is 1. The van der Waals surface area contributed by atoms with E-state index in [-0.39, 0.29) is 5.91 Å². The van der Waals surface area contributed by atoms with E-state index in [4.69, 9.17) is 26.3 Å². The molecule has 4 aromatic rings. The molecular formula is C22H21ClN4O2S2. The predicted octanol–water partition coefficient (Wildman–Crippen LogP) is 5.77. The number of fused-ring (bicyclic) bond motifs is 1. The minimum absolute atomic E-state index is 0.0713. The van der Waals surface area contributed by atoms with Crippen LogP contribution in [0.2, 0.25) is 5.02 Å². The molecule has 2 aromatic heterocycles. The molecule has 0 saturated carbocycles. The molecule has 0 bridgehead atoms. The van der Waals surface area contributed by atoms with Crippen molar-refractivity contribution in [3.8, 4) is 0 Å². The number of rotatable bonds is 8. The molecule has 2 heterocycles. The normalized spacial score (nSPS) is 11.2. The smallest absolute Gasteiger partial charge is 0.230 e. The zero-order chi connectivity index (χ0) is 21.8. The first-order valence-electron chi connectivity index (χ1n) is 9.64. The average molecular weight is 473 g/mol. The summed E-state index contributed by atoms with van der Waals surface area (Å²) < 4.78 is 7.41. The Hall–Kier alpha value is -2.39. The van der Waals surface area contributed by atoms with Crippen molar-refractivity contribution in [1.29, 1.82) is 0 Å². The zero-order valence-corrected chi connectivity index (χ0v) is 19.5. The van der Waals surface area contributed by atoms with Gasteiger partial charge in [0.25, 0.3) is 0 Å². The van der Waals surface area contributed by atoms with Gasteiger partial charge >= 0.3 is 0 Å². The standard InChI is InChI=1S/C22H21ClN4O2S2/c1-15(28)27(18-6-4-3-5-7-18)22-24-17(14-31-22)13-30-21-25-19-12-16(23)8-9-20(19)26(21)10-11-29-2/h3-9,12,14H,10-11,13H2,1-2H3. The minimum Gasteiger partial charge on any atom is -0.383 e. The number of ether oxygens (including phenoxy) is 1. The van der Waals surface area contributed by atoms with Crippen LogP contribution in [0, 0.1) is 0 Å². The highest BCUT2D eigenvalue weighted by Crippen LogP contribution is 2.32. The van der Waals surface area contributed by atoms with E-state index in [2.05, 4.69) is 4.57 Å². The number of carbonyl (C=O) groups excluding carboxylic acids is 1. The Labute approximate surface area is 193 Å². The van der Waals surface area contributed by atoms with Crippen molar-refractivity contribution >= 4 is 62.5 Å². The molecule has 0 spiro atoms. The maximum atomic E-state index is 12.3. The van der Waals surface area contributed by atoms with E-state index in [1.54, 1.807) is 30.7 Å².